The molecule has 1 aliphatic rings. The van der Waals surface area contributed by atoms with Crippen LogP contribution in [-0.2, 0) is 16.6 Å². The van der Waals surface area contributed by atoms with E-state index >= 15 is 0 Å². The molecule has 0 spiro atoms. The molecule has 2 N–H and O–H groups in total. The van der Waals surface area contributed by atoms with Crippen LogP contribution in [-0.4, -0.2) is 29.9 Å². The molecule has 0 saturated heterocycles. The Kier molecular flexibility index (Phi) is 3.56. The quantitative estimate of drug-likeness (QED) is 0.732. The SMILES string of the molecule is CCOCCc1noc(C2(CN)CCC2)n1. The Labute approximate surface area is 95.3 Å². The standard InChI is InChI=1S/C11H19N3O2/c1-2-15-7-4-9-13-10(16-14-9)11(8-12)5-3-6-11/h2-8,12H2,1H3. The fraction of sp³-hybridized carbons (Fsp3) is 0.818. The molecule has 90 valence electrons. The Balaban J connectivity index is 1.96. The van der Waals surface area contributed by atoms with Crippen molar-refractivity contribution in [1.82, 2.24) is 10.1 Å². The Bertz CT molecular complexity index is 328. The number of hydrogen-bond acceptors (Lipinski definition) is 5. The number of nitrogens with zero attached hydrogens (tertiary/aromatic N) is 2. The van der Waals surface area contributed by atoms with E-state index < -0.39 is 0 Å². The van der Waals surface area contributed by atoms with Gasteiger partial charge in [-0.2, -0.15) is 4.98 Å². The summed E-state index contributed by atoms with van der Waals surface area (Å²) in [5.41, 5.74) is 5.75. The zero-order valence-corrected chi connectivity index (χ0v) is 9.74. The Morgan fingerprint density at radius 3 is 2.88 bits per heavy atom. The third-order valence-electron chi connectivity index (χ3n) is 3.30. The lowest BCUT2D eigenvalue weighted by Crippen LogP contribution is -2.41. The largest absolute Gasteiger partial charge is 0.381 e. The van der Waals surface area contributed by atoms with Crippen LogP contribution < -0.4 is 5.73 Å². The molecule has 0 radical (unpaired) electrons. The predicted octanol–water partition coefficient (Wildman–Crippen LogP) is 1.03. The Morgan fingerprint density at radius 1 is 1.50 bits per heavy atom. The molecule has 1 aliphatic carbocycles. The van der Waals surface area contributed by atoms with Crippen LogP contribution >= 0.6 is 0 Å². The molecule has 1 heterocycles. The number of ether oxygens (including phenoxy) is 1. The summed E-state index contributed by atoms with van der Waals surface area (Å²) in [5.74, 6) is 1.44. The second kappa shape index (κ2) is 4.93. The molecule has 0 amide bonds. The summed E-state index contributed by atoms with van der Waals surface area (Å²) in [4.78, 5) is 4.41. The van der Waals surface area contributed by atoms with Crippen molar-refractivity contribution < 1.29 is 9.26 Å². The fourth-order valence-electron chi connectivity index (χ4n) is 1.99. The lowest BCUT2D eigenvalue weighted by atomic mass is 9.69. The number of nitrogens with two attached hydrogens (primary N) is 1. The van der Waals surface area contributed by atoms with E-state index in [1.54, 1.807) is 0 Å². The van der Waals surface area contributed by atoms with Crippen LogP contribution in [0.2, 0.25) is 0 Å². The molecule has 1 fully saturated rings. The minimum atomic E-state index is -0.0309. The van der Waals surface area contributed by atoms with E-state index in [1.165, 1.54) is 6.42 Å². The van der Waals surface area contributed by atoms with Gasteiger partial charge >= 0.3 is 0 Å². The van der Waals surface area contributed by atoms with E-state index in [0.717, 1.165) is 25.3 Å². The van der Waals surface area contributed by atoms with E-state index in [1.807, 2.05) is 6.92 Å². The van der Waals surface area contributed by atoms with Crippen LogP contribution in [0.25, 0.3) is 0 Å². The fourth-order valence-corrected chi connectivity index (χ4v) is 1.99. The highest BCUT2D eigenvalue weighted by Crippen LogP contribution is 2.41. The van der Waals surface area contributed by atoms with Crippen molar-refractivity contribution >= 4 is 0 Å². The predicted molar refractivity (Wildman–Crippen MR) is 59.1 cm³/mol. The summed E-state index contributed by atoms with van der Waals surface area (Å²) in [6.07, 6.45) is 4.04. The minimum absolute atomic E-state index is 0.0309. The maximum Gasteiger partial charge on any atom is 0.234 e. The first-order chi connectivity index (χ1) is 7.80. The maximum absolute atomic E-state index is 5.78. The lowest BCUT2D eigenvalue weighted by molar-refractivity contribution is 0.149. The summed E-state index contributed by atoms with van der Waals surface area (Å²) in [6.45, 7) is 3.93. The van der Waals surface area contributed by atoms with E-state index in [9.17, 15) is 0 Å². The average Bonchev–Trinajstić information content (AvgIpc) is 2.67. The lowest BCUT2D eigenvalue weighted by Gasteiger charge is -2.36. The number of hydrogen-bond donors (Lipinski definition) is 1. The van der Waals surface area contributed by atoms with Gasteiger partial charge in [-0.15, -0.1) is 0 Å². The second-order valence-corrected chi connectivity index (χ2v) is 4.30. The Morgan fingerprint density at radius 2 is 2.31 bits per heavy atom. The smallest absolute Gasteiger partial charge is 0.234 e. The van der Waals surface area contributed by atoms with Gasteiger partial charge in [-0.1, -0.05) is 11.6 Å². The average molecular weight is 225 g/mol. The van der Waals surface area contributed by atoms with Gasteiger partial charge in [0, 0.05) is 19.6 Å². The normalized spacial score (nSPS) is 18.4. The zero-order valence-electron chi connectivity index (χ0n) is 9.74. The van der Waals surface area contributed by atoms with Crippen LogP contribution in [0.3, 0.4) is 0 Å². The van der Waals surface area contributed by atoms with Crippen molar-refractivity contribution in [1.29, 1.82) is 0 Å². The molecule has 5 heteroatoms. The molecule has 0 aromatic carbocycles. The maximum atomic E-state index is 5.78. The molecule has 5 nitrogen and oxygen atoms in total. The van der Waals surface area contributed by atoms with Crippen molar-refractivity contribution in [2.75, 3.05) is 19.8 Å². The van der Waals surface area contributed by atoms with Gasteiger partial charge < -0.3 is 15.0 Å². The van der Waals surface area contributed by atoms with Gasteiger partial charge in [0.05, 0.1) is 12.0 Å². The summed E-state index contributed by atoms with van der Waals surface area (Å²) in [5, 5.41) is 3.96. The van der Waals surface area contributed by atoms with Crippen LogP contribution in [0.5, 0.6) is 0 Å². The van der Waals surface area contributed by atoms with Gasteiger partial charge in [0.1, 0.15) is 0 Å². The molecular weight excluding hydrogens is 206 g/mol. The molecule has 0 unspecified atom stereocenters. The van der Waals surface area contributed by atoms with Crippen molar-refractivity contribution in [2.24, 2.45) is 5.73 Å². The third-order valence-corrected chi connectivity index (χ3v) is 3.30. The molecule has 0 aliphatic heterocycles. The van der Waals surface area contributed by atoms with Gasteiger partial charge in [0.25, 0.3) is 0 Å². The third kappa shape index (κ3) is 2.10. The monoisotopic (exact) mass is 225 g/mol. The van der Waals surface area contributed by atoms with Gasteiger partial charge in [0.2, 0.25) is 5.89 Å². The molecule has 1 aromatic heterocycles. The molecule has 2 rings (SSSR count). The highest BCUT2D eigenvalue weighted by atomic mass is 16.5. The minimum Gasteiger partial charge on any atom is -0.381 e. The van der Waals surface area contributed by atoms with Gasteiger partial charge in [0.15, 0.2) is 5.82 Å². The van der Waals surface area contributed by atoms with Crippen LogP contribution in [0.4, 0.5) is 0 Å². The van der Waals surface area contributed by atoms with Crippen molar-refractivity contribution in [2.45, 2.75) is 38.0 Å². The summed E-state index contributed by atoms with van der Waals surface area (Å²) >= 11 is 0. The first kappa shape index (κ1) is 11.5. The number of rotatable bonds is 6. The second-order valence-electron chi connectivity index (χ2n) is 4.30. The molecule has 0 bridgehead atoms. The molecular formula is C11H19N3O2. The van der Waals surface area contributed by atoms with E-state index in [4.69, 9.17) is 15.0 Å². The van der Waals surface area contributed by atoms with Gasteiger partial charge in [-0.3, -0.25) is 0 Å². The first-order valence-electron chi connectivity index (χ1n) is 5.91. The number of aromatic nitrogens is 2. The molecule has 16 heavy (non-hydrogen) atoms. The van der Waals surface area contributed by atoms with Crippen molar-refractivity contribution in [3.63, 3.8) is 0 Å². The summed E-state index contributed by atoms with van der Waals surface area (Å²) < 4.78 is 10.5. The van der Waals surface area contributed by atoms with Gasteiger partial charge in [-0.25, -0.2) is 0 Å². The van der Waals surface area contributed by atoms with Crippen molar-refractivity contribution in [3.8, 4) is 0 Å². The highest BCUT2D eigenvalue weighted by molar-refractivity contribution is 5.11. The molecule has 0 atom stereocenters. The highest BCUT2D eigenvalue weighted by Gasteiger charge is 2.42. The van der Waals surface area contributed by atoms with Crippen LogP contribution in [0.15, 0.2) is 4.52 Å². The van der Waals surface area contributed by atoms with Crippen LogP contribution in [0, 0.1) is 0 Å². The van der Waals surface area contributed by atoms with Crippen molar-refractivity contribution in [3.05, 3.63) is 11.7 Å². The van der Waals surface area contributed by atoms with Crippen LogP contribution in [0.1, 0.15) is 37.9 Å². The van der Waals surface area contributed by atoms with Gasteiger partial charge in [-0.05, 0) is 19.8 Å². The topological polar surface area (TPSA) is 74.2 Å². The van der Waals surface area contributed by atoms with E-state index in [2.05, 4.69) is 10.1 Å². The molecule has 1 saturated carbocycles. The summed E-state index contributed by atoms with van der Waals surface area (Å²) in [6, 6.07) is 0. The van der Waals surface area contributed by atoms with E-state index in [0.29, 0.717) is 25.5 Å². The first-order valence-corrected chi connectivity index (χ1v) is 5.91. The summed E-state index contributed by atoms with van der Waals surface area (Å²) in [7, 11) is 0. The zero-order chi connectivity index (χ0) is 11.4. The molecule has 1 aromatic rings. The van der Waals surface area contributed by atoms with E-state index in [-0.39, 0.29) is 5.41 Å². The Hall–Kier alpha value is -0.940.